The molecule has 1 N–H and O–H groups in total. The minimum absolute atomic E-state index is 0.0385. The first-order chi connectivity index (χ1) is 14.3. The lowest BCUT2D eigenvalue weighted by atomic mass is 9.77. The maximum atomic E-state index is 13.3. The Labute approximate surface area is 182 Å². The molecule has 3 aromatic carbocycles. The first kappa shape index (κ1) is 20.8. The number of rotatable bonds is 5. The van der Waals surface area contributed by atoms with E-state index in [9.17, 15) is 13.2 Å². The molecule has 4 rings (SSSR count). The van der Waals surface area contributed by atoms with E-state index in [-0.39, 0.29) is 10.7 Å². The maximum absolute atomic E-state index is 13.3. The molecule has 0 aromatic heterocycles. The number of hydrogen-bond acceptors (Lipinski definition) is 3. The Hall–Kier alpha value is -2.47. The maximum Gasteiger partial charge on any atom is 0.241 e. The number of hydrogen-bond donors (Lipinski definition) is 1. The summed E-state index contributed by atoms with van der Waals surface area (Å²) in [6.45, 7) is 1.90. The van der Waals surface area contributed by atoms with Gasteiger partial charge in [-0.1, -0.05) is 65.7 Å². The summed E-state index contributed by atoms with van der Waals surface area (Å²) in [5.74, 6) is -0.537. The predicted molar refractivity (Wildman–Crippen MR) is 118 cm³/mol. The van der Waals surface area contributed by atoms with Gasteiger partial charge in [0.25, 0.3) is 0 Å². The number of benzene rings is 3. The predicted octanol–water partition coefficient (Wildman–Crippen LogP) is 5.11. The van der Waals surface area contributed by atoms with Crippen LogP contribution in [0.4, 0.5) is 0 Å². The average Bonchev–Trinajstić information content (AvgIpc) is 2.74. The Morgan fingerprint density at radius 2 is 1.63 bits per heavy atom. The SMILES string of the molecule is Cc1ccc(S(=O)(=O)N[C@H](c2ccc(Cl)cc2)[C@@H]2CCc3ccccc3C2=O)cc1. The third-order valence-corrected chi connectivity index (χ3v) is 7.30. The molecule has 0 spiro atoms. The number of sulfonamides is 1. The molecule has 2 atom stereocenters. The molecule has 1 aliphatic carbocycles. The Bertz CT molecular complexity index is 1170. The van der Waals surface area contributed by atoms with E-state index in [1.807, 2.05) is 31.2 Å². The fourth-order valence-electron chi connectivity index (χ4n) is 3.94. The zero-order valence-electron chi connectivity index (χ0n) is 16.5. The van der Waals surface area contributed by atoms with Crippen molar-refractivity contribution in [3.8, 4) is 0 Å². The molecule has 0 radical (unpaired) electrons. The van der Waals surface area contributed by atoms with Gasteiger partial charge in [-0.25, -0.2) is 13.1 Å². The second kappa shape index (κ2) is 8.34. The van der Waals surface area contributed by atoms with E-state index in [1.54, 1.807) is 48.5 Å². The van der Waals surface area contributed by atoms with Crippen LogP contribution in [0.3, 0.4) is 0 Å². The highest BCUT2D eigenvalue weighted by molar-refractivity contribution is 7.89. The highest BCUT2D eigenvalue weighted by Gasteiger charge is 2.36. The molecule has 1 aliphatic rings. The molecule has 3 aromatic rings. The summed E-state index contributed by atoms with van der Waals surface area (Å²) < 4.78 is 29.1. The van der Waals surface area contributed by atoms with Crippen molar-refractivity contribution in [2.24, 2.45) is 5.92 Å². The van der Waals surface area contributed by atoms with Gasteiger partial charge in [0, 0.05) is 16.5 Å². The lowest BCUT2D eigenvalue weighted by molar-refractivity contribution is 0.0875. The molecule has 0 aliphatic heterocycles. The van der Waals surface area contributed by atoms with Crippen LogP contribution in [0.1, 0.15) is 39.5 Å². The molecule has 0 amide bonds. The molecule has 0 unspecified atom stereocenters. The standard InChI is InChI=1S/C24H22ClNO3S/c1-16-6-13-20(14-7-16)30(28,29)26-23(18-8-11-19(25)12-9-18)22-15-10-17-4-2-3-5-21(17)24(22)27/h2-9,11-14,22-23,26H,10,15H2,1H3/t22-,23+/m0/s1. The first-order valence-electron chi connectivity index (χ1n) is 9.82. The van der Waals surface area contributed by atoms with Gasteiger partial charge in [0.15, 0.2) is 5.78 Å². The van der Waals surface area contributed by atoms with Crippen molar-refractivity contribution in [2.45, 2.75) is 30.7 Å². The van der Waals surface area contributed by atoms with Crippen molar-refractivity contribution in [3.05, 3.63) is 100 Å². The zero-order valence-corrected chi connectivity index (χ0v) is 18.1. The Morgan fingerprint density at radius 3 is 2.33 bits per heavy atom. The van der Waals surface area contributed by atoms with Gasteiger partial charge in [-0.15, -0.1) is 0 Å². The van der Waals surface area contributed by atoms with Crippen LogP contribution >= 0.6 is 11.6 Å². The normalized spacial score (nSPS) is 17.4. The third-order valence-electron chi connectivity index (χ3n) is 5.59. The van der Waals surface area contributed by atoms with Crippen LogP contribution in [0, 0.1) is 12.8 Å². The van der Waals surface area contributed by atoms with E-state index >= 15 is 0 Å². The quantitative estimate of drug-likeness (QED) is 0.600. The van der Waals surface area contributed by atoms with Gasteiger partial charge in [0.2, 0.25) is 10.0 Å². The van der Waals surface area contributed by atoms with E-state index in [2.05, 4.69) is 4.72 Å². The minimum atomic E-state index is -3.82. The average molecular weight is 440 g/mol. The van der Waals surface area contributed by atoms with Crippen molar-refractivity contribution in [3.63, 3.8) is 0 Å². The molecule has 0 saturated heterocycles. The second-order valence-electron chi connectivity index (χ2n) is 7.63. The van der Waals surface area contributed by atoms with Crippen LogP contribution in [0.5, 0.6) is 0 Å². The molecule has 0 fully saturated rings. The number of nitrogens with one attached hydrogen (secondary N) is 1. The largest absolute Gasteiger partial charge is 0.294 e. The van der Waals surface area contributed by atoms with E-state index < -0.39 is 22.0 Å². The summed E-state index contributed by atoms with van der Waals surface area (Å²) >= 11 is 6.04. The summed E-state index contributed by atoms with van der Waals surface area (Å²) in [6.07, 6.45) is 1.29. The van der Waals surface area contributed by atoms with Gasteiger partial charge in [0.1, 0.15) is 0 Å². The van der Waals surface area contributed by atoms with Crippen LogP contribution in [0.15, 0.2) is 77.7 Å². The lowest BCUT2D eigenvalue weighted by Gasteiger charge is -2.31. The fraction of sp³-hybridized carbons (Fsp3) is 0.208. The molecule has 0 bridgehead atoms. The molecule has 154 valence electrons. The number of Topliss-reactive ketones (excluding diaryl/α,β-unsaturated/α-hetero) is 1. The van der Waals surface area contributed by atoms with Crippen LogP contribution in [-0.2, 0) is 16.4 Å². The molecule has 4 nitrogen and oxygen atoms in total. The summed E-state index contributed by atoms with van der Waals surface area (Å²) in [7, 11) is -3.82. The van der Waals surface area contributed by atoms with Gasteiger partial charge in [-0.2, -0.15) is 0 Å². The summed E-state index contributed by atoms with van der Waals surface area (Å²) in [5.41, 5.74) is 3.37. The van der Waals surface area contributed by atoms with E-state index in [0.717, 1.165) is 17.5 Å². The number of halogens is 1. The second-order valence-corrected chi connectivity index (χ2v) is 9.78. The molecule has 6 heteroatoms. The molecule has 0 heterocycles. The molecular formula is C24H22ClNO3S. The highest BCUT2D eigenvalue weighted by Crippen LogP contribution is 2.35. The number of fused-ring (bicyclic) bond motifs is 1. The Morgan fingerprint density at radius 1 is 0.967 bits per heavy atom. The number of aryl methyl sites for hydroxylation is 2. The van der Waals surface area contributed by atoms with Crippen LogP contribution in [-0.4, -0.2) is 14.2 Å². The van der Waals surface area contributed by atoms with Crippen molar-refractivity contribution in [1.29, 1.82) is 0 Å². The smallest absolute Gasteiger partial charge is 0.241 e. The Balaban J connectivity index is 1.73. The zero-order chi connectivity index (χ0) is 21.3. The molecule has 30 heavy (non-hydrogen) atoms. The van der Waals surface area contributed by atoms with Gasteiger partial charge in [-0.05, 0) is 55.2 Å². The highest BCUT2D eigenvalue weighted by atomic mass is 35.5. The fourth-order valence-corrected chi connectivity index (χ4v) is 5.33. The summed E-state index contributed by atoms with van der Waals surface area (Å²) in [6, 6.07) is 20.5. The molecule has 0 saturated carbocycles. The van der Waals surface area contributed by atoms with Gasteiger partial charge >= 0.3 is 0 Å². The summed E-state index contributed by atoms with van der Waals surface area (Å²) in [5, 5.41) is 0.555. The van der Waals surface area contributed by atoms with E-state index in [0.29, 0.717) is 22.6 Å². The van der Waals surface area contributed by atoms with Crippen LogP contribution in [0.2, 0.25) is 5.02 Å². The van der Waals surface area contributed by atoms with Crippen LogP contribution in [0.25, 0.3) is 0 Å². The van der Waals surface area contributed by atoms with Crippen LogP contribution < -0.4 is 4.72 Å². The minimum Gasteiger partial charge on any atom is -0.294 e. The van der Waals surface area contributed by atoms with Crippen molar-refractivity contribution in [1.82, 2.24) is 4.72 Å². The van der Waals surface area contributed by atoms with Crippen molar-refractivity contribution >= 4 is 27.4 Å². The topological polar surface area (TPSA) is 63.2 Å². The van der Waals surface area contributed by atoms with E-state index in [1.165, 1.54) is 0 Å². The number of carbonyl (C=O) groups is 1. The van der Waals surface area contributed by atoms with Gasteiger partial charge in [-0.3, -0.25) is 4.79 Å². The monoisotopic (exact) mass is 439 g/mol. The number of carbonyl (C=O) groups excluding carboxylic acids is 1. The van der Waals surface area contributed by atoms with Crippen molar-refractivity contribution in [2.75, 3.05) is 0 Å². The first-order valence-corrected chi connectivity index (χ1v) is 11.7. The van der Waals surface area contributed by atoms with Crippen molar-refractivity contribution < 1.29 is 13.2 Å². The molecular weight excluding hydrogens is 418 g/mol. The Kier molecular flexibility index (Phi) is 5.78. The summed E-state index contributed by atoms with van der Waals surface area (Å²) in [4.78, 5) is 13.5. The van der Waals surface area contributed by atoms with Gasteiger partial charge < -0.3 is 0 Å². The third kappa shape index (κ3) is 4.19. The lowest BCUT2D eigenvalue weighted by Crippen LogP contribution is -2.39. The number of ketones is 1. The van der Waals surface area contributed by atoms with Gasteiger partial charge in [0.05, 0.1) is 10.9 Å². The van der Waals surface area contributed by atoms with E-state index in [4.69, 9.17) is 11.6 Å².